The van der Waals surface area contributed by atoms with Crippen LogP contribution >= 0.6 is 0 Å². The van der Waals surface area contributed by atoms with Crippen molar-refractivity contribution >= 4 is 29.2 Å². The number of rotatable bonds is 7. The van der Waals surface area contributed by atoms with Gasteiger partial charge in [-0.25, -0.2) is 4.79 Å². The molecule has 0 aliphatic heterocycles. The lowest BCUT2D eigenvalue weighted by Gasteiger charge is -2.21. The van der Waals surface area contributed by atoms with Crippen LogP contribution in [0.5, 0.6) is 5.75 Å². The highest BCUT2D eigenvalue weighted by atomic mass is 16.5. The van der Waals surface area contributed by atoms with Crippen molar-refractivity contribution in [3.05, 3.63) is 54.1 Å². The Bertz CT molecular complexity index is 835. The molecule has 0 aliphatic carbocycles. The lowest BCUT2D eigenvalue weighted by molar-refractivity contribution is -0.117. The maximum atomic E-state index is 12.3. The Hall–Kier alpha value is -3.35. The van der Waals surface area contributed by atoms with E-state index in [1.54, 1.807) is 55.6 Å². The molecule has 0 saturated carbocycles. The van der Waals surface area contributed by atoms with E-state index in [2.05, 4.69) is 5.32 Å². The quantitative estimate of drug-likeness (QED) is 0.758. The van der Waals surface area contributed by atoms with Gasteiger partial charge in [-0.15, -0.1) is 0 Å². The molecule has 0 bridgehead atoms. The number of esters is 1. The molecule has 0 spiro atoms. The van der Waals surface area contributed by atoms with E-state index in [1.165, 1.54) is 18.9 Å². The minimum atomic E-state index is -0.535. The number of amides is 2. The number of hydrogen-bond acceptors (Lipinski definition) is 5. The molecule has 7 nitrogen and oxygen atoms in total. The van der Waals surface area contributed by atoms with E-state index in [1.807, 2.05) is 0 Å². The first-order valence-electron chi connectivity index (χ1n) is 8.35. The Morgan fingerprint density at radius 1 is 1.04 bits per heavy atom. The summed E-state index contributed by atoms with van der Waals surface area (Å²) in [7, 11) is 2.82. The minimum absolute atomic E-state index is 0.0618. The second kappa shape index (κ2) is 9.38. The van der Waals surface area contributed by atoms with Gasteiger partial charge >= 0.3 is 5.97 Å². The van der Waals surface area contributed by atoms with Crippen LogP contribution in [0.1, 0.15) is 23.7 Å². The molecule has 0 atom stereocenters. The Morgan fingerprint density at radius 2 is 1.78 bits per heavy atom. The average molecular weight is 370 g/mol. The summed E-state index contributed by atoms with van der Waals surface area (Å²) in [6, 6.07) is 13.6. The van der Waals surface area contributed by atoms with Crippen LogP contribution in [0.2, 0.25) is 0 Å². The van der Waals surface area contributed by atoms with E-state index in [9.17, 15) is 14.4 Å². The van der Waals surface area contributed by atoms with Crippen LogP contribution in [0.15, 0.2) is 48.5 Å². The molecule has 27 heavy (non-hydrogen) atoms. The summed E-state index contributed by atoms with van der Waals surface area (Å²) in [5.74, 6) is -0.422. The predicted octanol–water partition coefficient (Wildman–Crippen LogP) is 2.86. The summed E-state index contributed by atoms with van der Waals surface area (Å²) in [6.07, 6.45) is 0.0618. The first-order valence-corrected chi connectivity index (χ1v) is 8.35. The molecule has 0 aromatic heterocycles. The predicted molar refractivity (Wildman–Crippen MR) is 102 cm³/mol. The zero-order valence-electron chi connectivity index (χ0n) is 15.5. The highest BCUT2D eigenvalue weighted by Crippen LogP contribution is 2.22. The van der Waals surface area contributed by atoms with Gasteiger partial charge in [-0.3, -0.25) is 9.59 Å². The number of carbonyl (C=O) groups excluding carboxylic acids is 3. The number of para-hydroxylation sites is 1. The zero-order chi connectivity index (χ0) is 19.8. The van der Waals surface area contributed by atoms with E-state index >= 15 is 0 Å². The van der Waals surface area contributed by atoms with Gasteiger partial charge < -0.3 is 19.7 Å². The van der Waals surface area contributed by atoms with Crippen molar-refractivity contribution in [2.24, 2.45) is 0 Å². The fraction of sp³-hybridized carbons (Fsp3) is 0.250. The summed E-state index contributed by atoms with van der Waals surface area (Å²) in [4.78, 5) is 37.6. The summed E-state index contributed by atoms with van der Waals surface area (Å²) in [6.45, 7) is 1.62. The smallest absolute Gasteiger partial charge is 0.339 e. The van der Waals surface area contributed by atoms with Gasteiger partial charge in [-0.2, -0.15) is 0 Å². The van der Waals surface area contributed by atoms with Gasteiger partial charge in [0.25, 0.3) is 0 Å². The highest BCUT2D eigenvalue weighted by Gasteiger charge is 2.16. The Labute approximate surface area is 157 Å². The van der Waals surface area contributed by atoms with E-state index in [-0.39, 0.29) is 30.3 Å². The van der Waals surface area contributed by atoms with Gasteiger partial charge in [0.15, 0.2) is 0 Å². The van der Waals surface area contributed by atoms with Crippen molar-refractivity contribution in [1.82, 2.24) is 0 Å². The molecule has 2 aromatic carbocycles. The molecule has 2 rings (SSSR count). The zero-order valence-corrected chi connectivity index (χ0v) is 15.5. The first kappa shape index (κ1) is 20.0. The normalized spacial score (nSPS) is 10.0. The lowest BCUT2D eigenvalue weighted by atomic mass is 10.1. The van der Waals surface area contributed by atoms with Crippen molar-refractivity contribution in [2.75, 3.05) is 31.0 Å². The Kier molecular flexibility index (Phi) is 6.93. The molecule has 0 heterocycles. The summed E-state index contributed by atoms with van der Waals surface area (Å²) in [5, 5.41) is 2.69. The molecular weight excluding hydrogens is 348 g/mol. The van der Waals surface area contributed by atoms with E-state index in [4.69, 9.17) is 9.47 Å². The fourth-order valence-corrected chi connectivity index (χ4v) is 2.55. The largest absolute Gasteiger partial charge is 0.497 e. The molecule has 0 fully saturated rings. The molecule has 0 saturated heterocycles. The third-order valence-electron chi connectivity index (χ3n) is 3.91. The third kappa shape index (κ3) is 5.31. The van der Waals surface area contributed by atoms with Crippen LogP contribution in [0.3, 0.4) is 0 Å². The monoisotopic (exact) mass is 370 g/mol. The van der Waals surface area contributed by atoms with Crippen LogP contribution in [0.25, 0.3) is 0 Å². The molecule has 7 heteroatoms. The number of hydrogen-bond donors (Lipinski definition) is 1. The number of carbonyl (C=O) groups is 3. The number of benzene rings is 2. The standard InChI is InChI=1S/C20H22N2O5/c1-14(23)22(15-7-6-8-16(13-15)26-2)12-11-19(24)21-18-10-5-4-9-17(18)20(25)27-3/h4-10,13H,11-12H2,1-3H3,(H,21,24). The molecule has 0 radical (unpaired) electrons. The van der Waals surface area contributed by atoms with Gasteiger partial charge in [-0.1, -0.05) is 18.2 Å². The van der Waals surface area contributed by atoms with E-state index in [0.29, 0.717) is 17.1 Å². The second-order valence-electron chi connectivity index (χ2n) is 5.71. The molecule has 0 aliphatic rings. The Morgan fingerprint density at radius 3 is 2.44 bits per heavy atom. The summed E-state index contributed by atoms with van der Waals surface area (Å²) >= 11 is 0. The van der Waals surface area contributed by atoms with E-state index < -0.39 is 5.97 Å². The summed E-state index contributed by atoms with van der Waals surface area (Å²) in [5.41, 5.74) is 1.28. The molecular formula is C20H22N2O5. The van der Waals surface area contributed by atoms with Crippen molar-refractivity contribution in [3.63, 3.8) is 0 Å². The fourth-order valence-electron chi connectivity index (χ4n) is 2.55. The maximum absolute atomic E-state index is 12.3. The number of methoxy groups -OCH3 is 2. The van der Waals surface area contributed by atoms with Crippen molar-refractivity contribution in [2.45, 2.75) is 13.3 Å². The molecule has 142 valence electrons. The van der Waals surface area contributed by atoms with Crippen molar-refractivity contribution < 1.29 is 23.9 Å². The molecule has 1 N–H and O–H groups in total. The van der Waals surface area contributed by atoms with Gasteiger partial charge in [-0.05, 0) is 24.3 Å². The van der Waals surface area contributed by atoms with Gasteiger partial charge in [0.1, 0.15) is 5.75 Å². The number of anilines is 2. The first-order chi connectivity index (χ1) is 13.0. The lowest BCUT2D eigenvalue weighted by Crippen LogP contribution is -2.32. The minimum Gasteiger partial charge on any atom is -0.497 e. The van der Waals surface area contributed by atoms with Gasteiger partial charge in [0, 0.05) is 31.6 Å². The van der Waals surface area contributed by atoms with Crippen LogP contribution in [-0.2, 0) is 14.3 Å². The van der Waals surface area contributed by atoms with Gasteiger partial charge in [0.05, 0.1) is 25.5 Å². The SMILES string of the molecule is COC(=O)c1ccccc1NC(=O)CCN(C(C)=O)c1cccc(OC)c1. The molecule has 2 amide bonds. The third-order valence-corrected chi connectivity index (χ3v) is 3.91. The molecule has 2 aromatic rings. The summed E-state index contributed by atoms with van der Waals surface area (Å²) < 4.78 is 9.89. The van der Waals surface area contributed by atoms with Crippen LogP contribution < -0.4 is 15.0 Å². The number of ether oxygens (including phenoxy) is 2. The van der Waals surface area contributed by atoms with Crippen LogP contribution in [-0.4, -0.2) is 38.5 Å². The van der Waals surface area contributed by atoms with Crippen LogP contribution in [0.4, 0.5) is 11.4 Å². The topological polar surface area (TPSA) is 84.9 Å². The van der Waals surface area contributed by atoms with Crippen LogP contribution in [0, 0.1) is 0 Å². The molecule has 0 unspecified atom stereocenters. The highest BCUT2D eigenvalue weighted by molar-refractivity contribution is 6.01. The average Bonchev–Trinajstić information content (AvgIpc) is 2.68. The van der Waals surface area contributed by atoms with Crippen molar-refractivity contribution in [3.8, 4) is 5.75 Å². The second-order valence-corrected chi connectivity index (χ2v) is 5.71. The number of nitrogens with one attached hydrogen (secondary N) is 1. The van der Waals surface area contributed by atoms with E-state index in [0.717, 1.165) is 0 Å². The maximum Gasteiger partial charge on any atom is 0.339 e. The Balaban J connectivity index is 2.07. The van der Waals surface area contributed by atoms with Crippen molar-refractivity contribution in [1.29, 1.82) is 0 Å². The number of nitrogens with zero attached hydrogens (tertiary/aromatic N) is 1. The van der Waals surface area contributed by atoms with Gasteiger partial charge in [0.2, 0.25) is 11.8 Å².